The summed E-state index contributed by atoms with van der Waals surface area (Å²) in [5.41, 5.74) is 0. The highest BCUT2D eigenvalue weighted by molar-refractivity contribution is 7.98. The van der Waals surface area contributed by atoms with Crippen molar-refractivity contribution in [1.29, 1.82) is 0 Å². The number of aryl methyl sites for hydroxylation is 2. The van der Waals surface area contributed by atoms with Crippen molar-refractivity contribution in [3.8, 4) is 0 Å². The van der Waals surface area contributed by atoms with Gasteiger partial charge in [0.1, 0.15) is 17.4 Å². The molecular formula is C12H17N3OS. The molecule has 2 rings (SSSR count). The van der Waals surface area contributed by atoms with Gasteiger partial charge in [0.15, 0.2) is 0 Å². The average Bonchev–Trinajstić information content (AvgIpc) is 2.86. The van der Waals surface area contributed by atoms with Gasteiger partial charge in [0.2, 0.25) is 0 Å². The SMILES string of the molecule is CCCn1c(C)nnc1CSc1ccoc1C. The van der Waals surface area contributed by atoms with Gasteiger partial charge in [-0.2, -0.15) is 0 Å². The average molecular weight is 251 g/mol. The number of rotatable bonds is 5. The van der Waals surface area contributed by atoms with Crippen LogP contribution in [0.5, 0.6) is 0 Å². The second-order valence-electron chi connectivity index (χ2n) is 3.94. The molecule has 2 aromatic rings. The maximum absolute atomic E-state index is 5.27. The van der Waals surface area contributed by atoms with E-state index in [1.165, 1.54) is 4.90 Å². The molecule has 0 saturated carbocycles. The summed E-state index contributed by atoms with van der Waals surface area (Å²) in [6, 6.07) is 1.99. The van der Waals surface area contributed by atoms with E-state index in [9.17, 15) is 0 Å². The van der Waals surface area contributed by atoms with Crippen molar-refractivity contribution in [2.75, 3.05) is 0 Å². The number of nitrogens with zero attached hydrogens (tertiary/aromatic N) is 3. The lowest BCUT2D eigenvalue weighted by molar-refractivity contribution is 0.527. The van der Waals surface area contributed by atoms with Gasteiger partial charge in [0.25, 0.3) is 0 Å². The van der Waals surface area contributed by atoms with Crippen molar-refractivity contribution in [3.05, 3.63) is 29.7 Å². The first-order valence-corrected chi connectivity index (χ1v) is 6.76. The zero-order chi connectivity index (χ0) is 12.3. The summed E-state index contributed by atoms with van der Waals surface area (Å²) in [6.07, 6.45) is 2.82. The van der Waals surface area contributed by atoms with E-state index in [1.807, 2.05) is 19.9 Å². The molecule has 0 aliphatic heterocycles. The van der Waals surface area contributed by atoms with Crippen LogP contribution in [0.2, 0.25) is 0 Å². The van der Waals surface area contributed by atoms with Crippen molar-refractivity contribution < 1.29 is 4.42 Å². The monoisotopic (exact) mass is 251 g/mol. The first-order chi connectivity index (χ1) is 8.22. The fourth-order valence-electron chi connectivity index (χ4n) is 1.71. The number of aromatic nitrogens is 3. The lowest BCUT2D eigenvalue weighted by atomic mass is 10.4. The smallest absolute Gasteiger partial charge is 0.143 e. The van der Waals surface area contributed by atoms with Crippen LogP contribution in [0.25, 0.3) is 0 Å². The molecule has 0 unspecified atom stereocenters. The van der Waals surface area contributed by atoms with Crippen LogP contribution >= 0.6 is 11.8 Å². The van der Waals surface area contributed by atoms with Crippen LogP contribution in [-0.4, -0.2) is 14.8 Å². The molecule has 0 atom stereocenters. The van der Waals surface area contributed by atoms with Crippen molar-refractivity contribution >= 4 is 11.8 Å². The lowest BCUT2D eigenvalue weighted by Gasteiger charge is -2.06. The fraction of sp³-hybridized carbons (Fsp3) is 0.500. The van der Waals surface area contributed by atoms with E-state index in [2.05, 4.69) is 21.7 Å². The number of thioether (sulfide) groups is 1. The van der Waals surface area contributed by atoms with Gasteiger partial charge in [0.05, 0.1) is 12.0 Å². The highest BCUT2D eigenvalue weighted by Gasteiger charge is 2.09. The zero-order valence-corrected chi connectivity index (χ0v) is 11.3. The molecule has 0 fully saturated rings. The predicted octanol–water partition coefficient (Wildman–Crippen LogP) is 3.19. The van der Waals surface area contributed by atoms with Gasteiger partial charge < -0.3 is 8.98 Å². The first-order valence-electron chi connectivity index (χ1n) is 5.78. The van der Waals surface area contributed by atoms with Crippen molar-refractivity contribution in [2.45, 2.75) is 44.4 Å². The largest absolute Gasteiger partial charge is 0.468 e. The highest BCUT2D eigenvalue weighted by atomic mass is 32.2. The molecule has 0 radical (unpaired) electrons. The van der Waals surface area contributed by atoms with Gasteiger partial charge in [-0.05, 0) is 26.3 Å². The fourth-order valence-corrected chi connectivity index (χ4v) is 2.61. The second-order valence-corrected chi connectivity index (χ2v) is 4.96. The Morgan fingerprint density at radius 2 is 2.18 bits per heavy atom. The molecule has 4 nitrogen and oxygen atoms in total. The molecule has 0 spiro atoms. The van der Waals surface area contributed by atoms with Crippen LogP contribution in [0.3, 0.4) is 0 Å². The molecule has 0 aliphatic carbocycles. The Labute approximate surface area is 105 Å². The quantitative estimate of drug-likeness (QED) is 0.765. The minimum absolute atomic E-state index is 0.835. The molecule has 0 aliphatic rings. The second kappa shape index (κ2) is 5.40. The van der Waals surface area contributed by atoms with Gasteiger partial charge >= 0.3 is 0 Å². The molecule has 0 amide bonds. The van der Waals surface area contributed by atoms with Crippen LogP contribution in [0, 0.1) is 13.8 Å². The van der Waals surface area contributed by atoms with E-state index < -0.39 is 0 Å². The van der Waals surface area contributed by atoms with Gasteiger partial charge in [-0.3, -0.25) is 0 Å². The Hall–Kier alpha value is -1.23. The normalized spacial score (nSPS) is 11.0. The summed E-state index contributed by atoms with van der Waals surface area (Å²) in [6.45, 7) is 7.12. The van der Waals surface area contributed by atoms with Crippen LogP contribution in [0.15, 0.2) is 21.6 Å². The molecule has 17 heavy (non-hydrogen) atoms. The summed E-state index contributed by atoms with van der Waals surface area (Å²) in [7, 11) is 0. The molecule has 92 valence electrons. The van der Waals surface area contributed by atoms with Crippen LogP contribution in [0.4, 0.5) is 0 Å². The van der Waals surface area contributed by atoms with Crippen molar-refractivity contribution in [3.63, 3.8) is 0 Å². The summed E-state index contributed by atoms with van der Waals surface area (Å²) in [4.78, 5) is 1.17. The standard InChI is InChI=1S/C12H17N3OS/c1-4-6-15-10(3)13-14-12(15)8-17-11-5-7-16-9(11)2/h5,7H,4,6,8H2,1-3H3. The molecule has 5 heteroatoms. The summed E-state index contributed by atoms with van der Waals surface area (Å²) in [5, 5.41) is 8.36. The third kappa shape index (κ3) is 2.72. The third-order valence-electron chi connectivity index (χ3n) is 2.63. The minimum atomic E-state index is 0.835. The van der Waals surface area contributed by atoms with E-state index in [0.29, 0.717) is 0 Å². The Balaban J connectivity index is 2.06. The minimum Gasteiger partial charge on any atom is -0.468 e. The van der Waals surface area contributed by atoms with Crippen molar-refractivity contribution in [1.82, 2.24) is 14.8 Å². The van der Waals surface area contributed by atoms with E-state index >= 15 is 0 Å². The topological polar surface area (TPSA) is 43.9 Å². The van der Waals surface area contributed by atoms with Crippen LogP contribution in [-0.2, 0) is 12.3 Å². The summed E-state index contributed by atoms with van der Waals surface area (Å²) < 4.78 is 7.46. The van der Waals surface area contributed by atoms with Gasteiger partial charge in [-0.25, -0.2) is 0 Å². The van der Waals surface area contributed by atoms with Gasteiger partial charge in [-0.1, -0.05) is 6.92 Å². The Morgan fingerprint density at radius 3 is 2.82 bits per heavy atom. The number of hydrogen-bond acceptors (Lipinski definition) is 4. The molecule has 0 bridgehead atoms. The number of hydrogen-bond donors (Lipinski definition) is 0. The molecule has 0 N–H and O–H groups in total. The van der Waals surface area contributed by atoms with Gasteiger partial charge in [0, 0.05) is 11.4 Å². The maximum atomic E-state index is 5.27. The molecule has 0 aromatic carbocycles. The first kappa shape index (κ1) is 12.2. The maximum Gasteiger partial charge on any atom is 0.143 e. The van der Waals surface area contributed by atoms with E-state index in [1.54, 1.807) is 18.0 Å². The zero-order valence-electron chi connectivity index (χ0n) is 10.4. The third-order valence-corrected chi connectivity index (χ3v) is 3.76. The molecular weight excluding hydrogens is 234 g/mol. The summed E-state index contributed by atoms with van der Waals surface area (Å²) >= 11 is 1.74. The Bertz CT molecular complexity index is 490. The van der Waals surface area contributed by atoms with Crippen LogP contribution in [0.1, 0.15) is 30.8 Å². The lowest BCUT2D eigenvalue weighted by Crippen LogP contribution is -2.04. The van der Waals surface area contributed by atoms with Gasteiger partial charge in [-0.15, -0.1) is 22.0 Å². The van der Waals surface area contributed by atoms with Crippen molar-refractivity contribution in [2.24, 2.45) is 0 Å². The Morgan fingerprint density at radius 1 is 1.35 bits per heavy atom. The molecule has 0 saturated heterocycles. The Kier molecular flexibility index (Phi) is 3.89. The molecule has 2 heterocycles. The van der Waals surface area contributed by atoms with E-state index in [4.69, 9.17) is 4.42 Å². The highest BCUT2D eigenvalue weighted by Crippen LogP contribution is 2.26. The number of furan rings is 1. The molecule has 2 aromatic heterocycles. The van der Waals surface area contributed by atoms with Crippen LogP contribution < -0.4 is 0 Å². The van der Waals surface area contributed by atoms with E-state index in [-0.39, 0.29) is 0 Å². The summed E-state index contributed by atoms with van der Waals surface area (Å²) in [5.74, 6) is 3.83. The van der Waals surface area contributed by atoms with E-state index in [0.717, 1.165) is 36.1 Å². The predicted molar refractivity (Wildman–Crippen MR) is 68.1 cm³/mol.